The predicted octanol–water partition coefficient (Wildman–Crippen LogP) is 5.45. The topological polar surface area (TPSA) is 17.1 Å². The molecular weight excluding hydrogens is 363 g/mol. The Kier molecular flexibility index (Phi) is 4.37. The second-order valence-electron chi connectivity index (χ2n) is 8.27. The van der Waals surface area contributed by atoms with E-state index in [0.717, 1.165) is 32.6 Å². The Balaban J connectivity index is 2.06. The smallest absolute Gasteiger partial charge is 0.172 e. The van der Waals surface area contributed by atoms with Gasteiger partial charge < -0.3 is 4.57 Å². The molecule has 3 aromatic rings. The lowest BCUT2D eigenvalue weighted by atomic mass is 10.0. The van der Waals surface area contributed by atoms with Crippen molar-refractivity contribution in [2.75, 3.05) is 0 Å². The van der Waals surface area contributed by atoms with E-state index in [1.807, 2.05) is 48.5 Å². The van der Waals surface area contributed by atoms with Gasteiger partial charge in [0.05, 0.1) is 8.07 Å². The first-order valence-corrected chi connectivity index (χ1v) is 14.6. The highest BCUT2D eigenvalue weighted by Crippen LogP contribution is 2.63. The SMILES string of the molecule is CC1=C(c2ccccc2)P(=O)(c2ccccc2)c2cc([Si](C)(C)C)ccc21. The summed E-state index contributed by atoms with van der Waals surface area (Å²) in [5, 5.41) is 4.30. The molecule has 1 unspecified atom stereocenters. The van der Waals surface area contributed by atoms with Crippen LogP contribution in [0.25, 0.3) is 10.9 Å². The molecule has 4 rings (SSSR count). The van der Waals surface area contributed by atoms with Crippen molar-refractivity contribution >= 4 is 41.9 Å². The third-order valence-electron chi connectivity index (χ3n) is 5.44. The van der Waals surface area contributed by atoms with Gasteiger partial charge in [0, 0.05) is 15.9 Å². The van der Waals surface area contributed by atoms with Gasteiger partial charge in [-0.3, -0.25) is 0 Å². The Labute approximate surface area is 163 Å². The molecule has 0 aliphatic carbocycles. The lowest BCUT2D eigenvalue weighted by Gasteiger charge is -2.22. The fourth-order valence-electron chi connectivity index (χ4n) is 3.96. The molecular formula is C24H25OPSi. The molecule has 0 radical (unpaired) electrons. The van der Waals surface area contributed by atoms with Gasteiger partial charge >= 0.3 is 0 Å². The summed E-state index contributed by atoms with van der Waals surface area (Å²) in [6.07, 6.45) is 0. The van der Waals surface area contributed by atoms with Crippen molar-refractivity contribution < 1.29 is 4.57 Å². The molecule has 1 aliphatic rings. The van der Waals surface area contributed by atoms with Gasteiger partial charge in [0.1, 0.15) is 0 Å². The summed E-state index contributed by atoms with van der Waals surface area (Å²) in [5.74, 6) is 0. The van der Waals surface area contributed by atoms with E-state index >= 15 is 0 Å². The molecule has 1 nitrogen and oxygen atoms in total. The molecule has 0 fully saturated rings. The minimum atomic E-state index is -2.90. The van der Waals surface area contributed by atoms with E-state index in [2.05, 4.69) is 56.9 Å². The average molecular weight is 389 g/mol. The van der Waals surface area contributed by atoms with Gasteiger partial charge in [-0.05, 0) is 23.6 Å². The zero-order valence-electron chi connectivity index (χ0n) is 16.4. The molecule has 0 bridgehead atoms. The van der Waals surface area contributed by atoms with Gasteiger partial charge in [0.2, 0.25) is 0 Å². The van der Waals surface area contributed by atoms with E-state index in [0.29, 0.717) is 0 Å². The monoisotopic (exact) mass is 388 g/mol. The second-order valence-corrected chi connectivity index (χ2v) is 16.0. The molecule has 0 spiro atoms. The minimum absolute atomic E-state index is 0.926. The van der Waals surface area contributed by atoms with Crippen LogP contribution in [0.15, 0.2) is 78.9 Å². The molecule has 136 valence electrons. The zero-order valence-corrected chi connectivity index (χ0v) is 18.3. The summed E-state index contributed by atoms with van der Waals surface area (Å²) in [5.41, 5.74) is 3.35. The van der Waals surface area contributed by atoms with Gasteiger partial charge in [0.25, 0.3) is 0 Å². The van der Waals surface area contributed by atoms with Gasteiger partial charge in [-0.2, -0.15) is 0 Å². The van der Waals surface area contributed by atoms with Crippen LogP contribution in [0.3, 0.4) is 0 Å². The summed E-state index contributed by atoms with van der Waals surface area (Å²) in [4.78, 5) is 0. The van der Waals surface area contributed by atoms with Crippen LogP contribution in [0.1, 0.15) is 18.1 Å². The predicted molar refractivity (Wildman–Crippen MR) is 122 cm³/mol. The first-order valence-electron chi connectivity index (χ1n) is 9.41. The summed E-state index contributed by atoms with van der Waals surface area (Å²) < 4.78 is 14.8. The molecule has 0 saturated carbocycles. The number of hydrogen-bond donors (Lipinski definition) is 0. The van der Waals surface area contributed by atoms with Crippen LogP contribution in [-0.2, 0) is 4.57 Å². The van der Waals surface area contributed by atoms with Crippen molar-refractivity contribution in [2.45, 2.75) is 26.6 Å². The third-order valence-corrected chi connectivity index (χ3v) is 10.8. The highest BCUT2D eigenvalue weighted by molar-refractivity contribution is 7.88. The number of fused-ring (bicyclic) bond motifs is 1. The van der Waals surface area contributed by atoms with E-state index in [9.17, 15) is 4.57 Å². The first-order chi connectivity index (χ1) is 12.8. The van der Waals surface area contributed by atoms with Crippen LogP contribution in [0, 0.1) is 0 Å². The summed E-state index contributed by atoms with van der Waals surface area (Å²) in [6, 6.07) is 26.9. The first kappa shape index (κ1) is 18.2. The van der Waals surface area contributed by atoms with Crippen LogP contribution in [0.4, 0.5) is 0 Å². The van der Waals surface area contributed by atoms with Crippen LogP contribution >= 0.6 is 7.14 Å². The van der Waals surface area contributed by atoms with Crippen LogP contribution in [0.2, 0.25) is 19.6 Å². The Hall–Kier alpha value is -2.15. The van der Waals surface area contributed by atoms with Crippen molar-refractivity contribution in [2.24, 2.45) is 0 Å². The number of rotatable bonds is 3. The van der Waals surface area contributed by atoms with Crippen molar-refractivity contribution in [3.05, 3.63) is 90.0 Å². The van der Waals surface area contributed by atoms with Gasteiger partial charge in [-0.25, -0.2) is 0 Å². The molecule has 1 aliphatic heterocycles. The maximum Gasteiger partial charge on any atom is 0.172 e. The average Bonchev–Trinajstić information content (AvgIpc) is 2.90. The third kappa shape index (κ3) is 2.88. The maximum atomic E-state index is 14.8. The summed E-state index contributed by atoms with van der Waals surface area (Å²) >= 11 is 0. The summed E-state index contributed by atoms with van der Waals surface area (Å²) in [6.45, 7) is 9.15. The van der Waals surface area contributed by atoms with E-state index < -0.39 is 15.2 Å². The molecule has 3 heteroatoms. The highest BCUT2D eigenvalue weighted by Gasteiger charge is 2.42. The zero-order chi connectivity index (χ0) is 19.2. The minimum Gasteiger partial charge on any atom is -0.309 e. The van der Waals surface area contributed by atoms with Gasteiger partial charge in [0.15, 0.2) is 7.14 Å². The largest absolute Gasteiger partial charge is 0.309 e. The Bertz CT molecular complexity index is 1080. The molecule has 3 aromatic carbocycles. The van der Waals surface area contributed by atoms with Crippen LogP contribution in [-0.4, -0.2) is 8.07 Å². The van der Waals surface area contributed by atoms with Crippen molar-refractivity contribution in [3.63, 3.8) is 0 Å². The highest BCUT2D eigenvalue weighted by atomic mass is 31.2. The molecule has 1 heterocycles. The normalized spacial score (nSPS) is 19.3. The van der Waals surface area contributed by atoms with Crippen molar-refractivity contribution in [1.82, 2.24) is 0 Å². The molecule has 1 atom stereocenters. The van der Waals surface area contributed by atoms with Crippen molar-refractivity contribution in [3.8, 4) is 0 Å². The van der Waals surface area contributed by atoms with Crippen LogP contribution < -0.4 is 15.8 Å². The molecule has 27 heavy (non-hydrogen) atoms. The van der Waals surface area contributed by atoms with Gasteiger partial charge in [-0.15, -0.1) is 0 Å². The lowest BCUT2D eigenvalue weighted by molar-refractivity contribution is 0.593. The summed E-state index contributed by atoms with van der Waals surface area (Å²) in [7, 11) is -4.40. The number of benzene rings is 3. The van der Waals surface area contributed by atoms with Crippen molar-refractivity contribution in [1.29, 1.82) is 0 Å². The fourth-order valence-corrected chi connectivity index (χ4v) is 8.62. The second kappa shape index (κ2) is 6.47. The van der Waals surface area contributed by atoms with E-state index in [1.54, 1.807) is 0 Å². The Morgan fingerprint density at radius 1 is 0.778 bits per heavy atom. The van der Waals surface area contributed by atoms with E-state index in [1.165, 1.54) is 5.19 Å². The molecule has 0 saturated heterocycles. The van der Waals surface area contributed by atoms with Gasteiger partial charge in [-0.1, -0.05) is 104 Å². The molecule has 0 aromatic heterocycles. The maximum absolute atomic E-state index is 14.8. The van der Waals surface area contributed by atoms with Crippen LogP contribution in [0.5, 0.6) is 0 Å². The van der Waals surface area contributed by atoms with E-state index in [4.69, 9.17) is 0 Å². The quantitative estimate of drug-likeness (QED) is 0.431. The molecule has 0 amide bonds. The fraction of sp³-hybridized carbons (Fsp3) is 0.167. The molecule has 0 N–H and O–H groups in total. The standard InChI is InChI=1S/C24H25OPSi/c1-18-22-16-15-21(27(2,3)4)17-23(22)26(25,20-13-9-6-10-14-20)24(18)19-11-7-5-8-12-19/h5-17H,1-4H3. The number of hydrogen-bond acceptors (Lipinski definition) is 1. The lowest BCUT2D eigenvalue weighted by Crippen LogP contribution is -2.39. The number of allylic oxidation sites excluding steroid dienone is 1. The Morgan fingerprint density at radius 3 is 1.96 bits per heavy atom. The van der Waals surface area contributed by atoms with E-state index in [-0.39, 0.29) is 0 Å². The Morgan fingerprint density at radius 2 is 1.37 bits per heavy atom.